The van der Waals surface area contributed by atoms with Gasteiger partial charge in [-0.3, -0.25) is 0 Å². The largest absolute Gasteiger partial charge is 0.0584 e. The van der Waals surface area contributed by atoms with Crippen LogP contribution in [0.3, 0.4) is 0 Å². The van der Waals surface area contributed by atoms with Gasteiger partial charge in [-0.2, -0.15) is 0 Å². The van der Waals surface area contributed by atoms with Gasteiger partial charge < -0.3 is 0 Å². The Balaban J connectivity index is 2.36. The molecule has 0 radical (unpaired) electrons. The van der Waals surface area contributed by atoms with Gasteiger partial charge >= 0.3 is 0 Å². The smallest absolute Gasteiger partial charge is 0.00208 e. The summed E-state index contributed by atoms with van der Waals surface area (Å²) >= 11 is 0. The van der Waals surface area contributed by atoms with Gasteiger partial charge in [-0.15, -0.1) is 0 Å². The lowest BCUT2D eigenvalue weighted by Gasteiger charge is -2.11. The van der Waals surface area contributed by atoms with Crippen molar-refractivity contribution in [2.75, 3.05) is 0 Å². The van der Waals surface area contributed by atoms with Crippen LogP contribution < -0.4 is 0 Å². The minimum atomic E-state index is 1.36. The van der Waals surface area contributed by atoms with Crippen LogP contribution in [0.4, 0.5) is 0 Å². The van der Waals surface area contributed by atoms with E-state index in [1.54, 1.807) is 0 Å². The van der Waals surface area contributed by atoms with Gasteiger partial charge in [-0.25, -0.2) is 0 Å². The topological polar surface area (TPSA) is 0 Å². The summed E-state index contributed by atoms with van der Waals surface area (Å²) in [5, 5.41) is 2.82. The van der Waals surface area contributed by atoms with Crippen molar-refractivity contribution in [1.29, 1.82) is 0 Å². The van der Waals surface area contributed by atoms with E-state index < -0.39 is 0 Å². The van der Waals surface area contributed by atoms with Crippen LogP contribution in [0.2, 0.25) is 0 Å². The lowest BCUT2D eigenvalue weighted by molar-refractivity contribution is 1.39. The molecule has 1 aliphatic carbocycles. The maximum absolute atomic E-state index is 2.26. The molecular formula is C20H18. The Kier molecular flexibility index (Phi) is 2.18. The molecule has 3 aromatic rings. The second-order valence-corrected chi connectivity index (χ2v) is 6.06. The molecule has 0 bridgehead atoms. The Morgan fingerprint density at radius 2 is 0.800 bits per heavy atom. The van der Waals surface area contributed by atoms with E-state index >= 15 is 0 Å². The highest BCUT2D eigenvalue weighted by Gasteiger charge is 2.26. The minimum absolute atomic E-state index is 1.36. The molecule has 0 fully saturated rings. The summed E-state index contributed by atoms with van der Waals surface area (Å²) in [7, 11) is 0. The van der Waals surface area contributed by atoms with Gasteiger partial charge in [0.15, 0.2) is 0 Å². The zero-order valence-corrected chi connectivity index (χ0v) is 12.5. The van der Waals surface area contributed by atoms with Crippen LogP contribution in [0.5, 0.6) is 0 Å². The summed E-state index contributed by atoms with van der Waals surface area (Å²) < 4.78 is 0. The molecule has 0 aromatic heterocycles. The molecule has 0 amide bonds. The summed E-state index contributed by atoms with van der Waals surface area (Å²) in [5.41, 5.74) is 11.4. The first kappa shape index (κ1) is 11.7. The second kappa shape index (κ2) is 3.73. The number of hydrogen-bond acceptors (Lipinski definition) is 0. The van der Waals surface area contributed by atoms with Crippen LogP contribution >= 0.6 is 0 Å². The normalized spacial score (nSPS) is 12.0. The molecule has 0 saturated heterocycles. The number of hydrogen-bond donors (Lipinski definition) is 0. The number of aryl methyl sites for hydroxylation is 4. The van der Waals surface area contributed by atoms with Crippen molar-refractivity contribution in [2.45, 2.75) is 27.7 Å². The zero-order chi connectivity index (χ0) is 14.0. The quantitative estimate of drug-likeness (QED) is 0.378. The van der Waals surface area contributed by atoms with E-state index in [2.05, 4.69) is 64.1 Å². The van der Waals surface area contributed by atoms with Crippen molar-refractivity contribution in [3.8, 4) is 22.3 Å². The summed E-state index contributed by atoms with van der Waals surface area (Å²) in [4.78, 5) is 0. The molecule has 0 heteroatoms. The monoisotopic (exact) mass is 258 g/mol. The fraction of sp³-hybridized carbons (Fsp3) is 0.200. The van der Waals surface area contributed by atoms with Gasteiger partial charge in [-0.1, -0.05) is 36.4 Å². The highest BCUT2D eigenvalue weighted by molar-refractivity contribution is 6.18. The molecule has 98 valence electrons. The van der Waals surface area contributed by atoms with E-state index in [4.69, 9.17) is 0 Å². The molecule has 20 heavy (non-hydrogen) atoms. The molecule has 0 spiro atoms. The molecule has 0 N–H and O–H groups in total. The van der Waals surface area contributed by atoms with Gasteiger partial charge in [0.1, 0.15) is 0 Å². The Labute approximate surface area is 120 Å². The lowest BCUT2D eigenvalue weighted by atomic mass is 9.93. The van der Waals surface area contributed by atoms with E-state index in [-0.39, 0.29) is 0 Å². The van der Waals surface area contributed by atoms with E-state index in [1.165, 1.54) is 55.3 Å². The first-order chi connectivity index (χ1) is 9.59. The van der Waals surface area contributed by atoms with Gasteiger partial charge in [-0.05, 0) is 83.0 Å². The van der Waals surface area contributed by atoms with E-state index in [9.17, 15) is 0 Å². The van der Waals surface area contributed by atoms with Crippen molar-refractivity contribution in [2.24, 2.45) is 0 Å². The van der Waals surface area contributed by atoms with Gasteiger partial charge in [0.2, 0.25) is 0 Å². The molecule has 0 aliphatic heterocycles. The molecule has 0 nitrogen and oxygen atoms in total. The maximum atomic E-state index is 2.26. The van der Waals surface area contributed by atoms with Crippen LogP contribution in [0.15, 0.2) is 36.4 Å². The fourth-order valence-electron chi connectivity index (χ4n) is 3.73. The third-order valence-electron chi connectivity index (χ3n) is 4.73. The predicted octanol–water partition coefficient (Wildman–Crippen LogP) is 5.72. The SMILES string of the molecule is Cc1ccc(C)c2c1-c1c(C)ccc3ccc(C)c-2c13. The Bertz CT molecular complexity index is 813. The third-order valence-corrected chi connectivity index (χ3v) is 4.73. The molecular weight excluding hydrogens is 240 g/mol. The van der Waals surface area contributed by atoms with E-state index in [1.807, 2.05) is 0 Å². The Morgan fingerprint density at radius 1 is 0.450 bits per heavy atom. The first-order valence-corrected chi connectivity index (χ1v) is 7.23. The Morgan fingerprint density at radius 3 is 1.25 bits per heavy atom. The molecule has 1 aliphatic rings. The number of benzene rings is 3. The first-order valence-electron chi connectivity index (χ1n) is 7.23. The van der Waals surface area contributed by atoms with E-state index in [0.29, 0.717) is 0 Å². The van der Waals surface area contributed by atoms with Crippen LogP contribution in [-0.2, 0) is 0 Å². The maximum Gasteiger partial charge on any atom is -0.00208 e. The van der Waals surface area contributed by atoms with Crippen molar-refractivity contribution in [3.05, 3.63) is 58.7 Å². The third kappa shape index (κ3) is 1.27. The number of fused-ring (bicyclic) bond motifs is 3. The van der Waals surface area contributed by atoms with Crippen molar-refractivity contribution in [3.63, 3.8) is 0 Å². The summed E-state index contributed by atoms with van der Waals surface area (Å²) in [6, 6.07) is 13.5. The van der Waals surface area contributed by atoms with Crippen LogP contribution in [0.25, 0.3) is 33.0 Å². The summed E-state index contributed by atoms with van der Waals surface area (Å²) in [6.45, 7) is 8.94. The molecule has 0 heterocycles. The molecule has 4 rings (SSSR count). The van der Waals surface area contributed by atoms with Gasteiger partial charge in [0, 0.05) is 0 Å². The average molecular weight is 258 g/mol. The van der Waals surface area contributed by atoms with Gasteiger partial charge in [0.05, 0.1) is 0 Å². The lowest BCUT2D eigenvalue weighted by Crippen LogP contribution is -1.88. The highest BCUT2D eigenvalue weighted by Crippen LogP contribution is 2.52. The number of rotatable bonds is 0. The van der Waals surface area contributed by atoms with E-state index in [0.717, 1.165) is 0 Å². The van der Waals surface area contributed by atoms with Crippen molar-refractivity contribution < 1.29 is 0 Å². The average Bonchev–Trinajstić information content (AvgIpc) is 2.80. The molecule has 0 atom stereocenters. The summed E-state index contributed by atoms with van der Waals surface area (Å²) in [6.07, 6.45) is 0. The predicted molar refractivity (Wildman–Crippen MR) is 87.3 cm³/mol. The van der Waals surface area contributed by atoms with Gasteiger partial charge in [0.25, 0.3) is 0 Å². The van der Waals surface area contributed by atoms with Crippen LogP contribution in [0, 0.1) is 27.7 Å². The molecule has 3 aromatic carbocycles. The molecule has 0 unspecified atom stereocenters. The molecule has 0 saturated carbocycles. The summed E-state index contributed by atoms with van der Waals surface area (Å²) in [5.74, 6) is 0. The standard InChI is InChI=1S/C20H18/c1-11-5-6-12(2)17-16(11)18-13(3)7-9-15-10-8-14(4)19(17)20(15)18/h5-10H,1-4H3. The Hall–Kier alpha value is -2.08. The van der Waals surface area contributed by atoms with Crippen LogP contribution in [0.1, 0.15) is 22.3 Å². The second-order valence-electron chi connectivity index (χ2n) is 6.06. The van der Waals surface area contributed by atoms with Crippen molar-refractivity contribution in [1.82, 2.24) is 0 Å². The fourth-order valence-corrected chi connectivity index (χ4v) is 3.73. The van der Waals surface area contributed by atoms with Crippen molar-refractivity contribution >= 4 is 10.8 Å². The van der Waals surface area contributed by atoms with Crippen LogP contribution in [-0.4, -0.2) is 0 Å². The zero-order valence-electron chi connectivity index (χ0n) is 12.5. The minimum Gasteiger partial charge on any atom is -0.0584 e. The highest BCUT2D eigenvalue weighted by atomic mass is 14.3.